The van der Waals surface area contributed by atoms with Crippen molar-refractivity contribution in [3.63, 3.8) is 0 Å². The number of carbonyl (C=O) groups is 1. The Bertz CT molecular complexity index is 1030. The summed E-state index contributed by atoms with van der Waals surface area (Å²) in [7, 11) is 0. The average molecular weight is 537 g/mol. The highest BCUT2D eigenvalue weighted by atomic mass is 16.5. The molecule has 0 aromatic heterocycles. The van der Waals surface area contributed by atoms with Crippen molar-refractivity contribution in [3.8, 4) is 11.5 Å². The van der Waals surface area contributed by atoms with Gasteiger partial charge in [0.1, 0.15) is 24.7 Å². The summed E-state index contributed by atoms with van der Waals surface area (Å²) in [6.07, 6.45) is 15.2. The summed E-state index contributed by atoms with van der Waals surface area (Å²) in [5.41, 5.74) is 5.82. The number of rotatable bonds is 16. The van der Waals surface area contributed by atoms with Crippen LogP contribution in [0.5, 0.6) is 11.5 Å². The van der Waals surface area contributed by atoms with Crippen LogP contribution in [0.25, 0.3) is 0 Å². The van der Waals surface area contributed by atoms with Crippen LogP contribution in [0.15, 0.2) is 64.8 Å². The topological polar surface area (TPSA) is 50.8 Å². The third-order valence-electron chi connectivity index (χ3n) is 7.14. The average Bonchev–Trinajstić information content (AvgIpc) is 3.34. The molecule has 1 unspecified atom stereocenters. The molecule has 0 radical (unpaired) electrons. The maximum absolute atomic E-state index is 13.2. The normalized spacial score (nSPS) is 16.1. The van der Waals surface area contributed by atoms with E-state index in [2.05, 4.69) is 83.0 Å². The first-order valence-corrected chi connectivity index (χ1v) is 14.7. The molecule has 0 saturated carbocycles. The number of nitrogens with zero attached hydrogens (tertiary/aromatic N) is 1. The lowest BCUT2D eigenvalue weighted by Gasteiger charge is -2.23. The van der Waals surface area contributed by atoms with Crippen LogP contribution in [0.2, 0.25) is 0 Å². The molecule has 216 valence electrons. The fraction of sp³-hybridized carbons (Fsp3) is 0.559. The number of likely N-dealkylation sites (tertiary alicyclic amines) is 1. The quantitative estimate of drug-likeness (QED) is 0.217. The molecule has 2 rings (SSSR count). The van der Waals surface area contributed by atoms with Gasteiger partial charge in [0, 0.05) is 18.7 Å². The molecule has 1 aromatic rings. The van der Waals surface area contributed by atoms with E-state index in [9.17, 15) is 4.79 Å². The Kier molecular flexibility index (Phi) is 14.7. The molecule has 1 aliphatic heterocycles. The Hall–Kier alpha value is -2.79. The van der Waals surface area contributed by atoms with Gasteiger partial charge in [0.05, 0.1) is 5.56 Å². The number of benzene rings is 1. The van der Waals surface area contributed by atoms with Gasteiger partial charge in [-0.1, -0.05) is 41.4 Å². The van der Waals surface area contributed by atoms with Crippen LogP contribution in [-0.2, 0) is 0 Å². The standard InChI is InChI=1S/C34H52N2O3/c1-8-36-21-11-16-30(36)25-35-34(37)32-18-17-31(38-22-19-28(6)14-9-12-26(2)3)24-33(32)39-23-20-29(7)15-10-13-27(4)5/h12-13,17-20,24,30H,8-11,14-16,21-23,25H2,1-7H3,(H,35,37)/b28-19+,29-20+. The van der Waals surface area contributed by atoms with Gasteiger partial charge in [0.2, 0.25) is 0 Å². The lowest BCUT2D eigenvalue weighted by Crippen LogP contribution is -2.40. The van der Waals surface area contributed by atoms with Crippen molar-refractivity contribution in [1.29, 1.82) is 0 Å². The summed E-state index contributed by atoms with van der Waals surface area (Å²) in [5, 5.41) is 3.15. The van der Waals surface area contributed by atoms with Crippen molar-refractivity contribution in [2.45, 2.75) is 93.0 Å². The van der Waals surface area contributed by atoms with Crippen LogP contribution in [0, 0.1) is 0 Å². The van der Waals surface area contributed by atoms with Crippen molar-refractivity contribution < 1.29 is 14.3 Å². The molecule has 1 saturated heterocycles. The molecule has 1 fully saturated rings. The number of hydrogen-bond acceptors (Lipinski definition) is 4. The Morgan fingerprint density at radius 2 is 1.54 bits per heavy atom. The number of nitrogens with one attached hydrogen (secondary N) is 1. The summed E-state index contributed by atoms with van der Waals surface area (Å²) in [6, 6.07) is 5.94. The minimum Gasteiger partial charge on any atom is -0.489 e. The Labute approximate surface area is 238 Å². The molecule has 0 bridgehead atoms. The first kappa shape index (κ1) is 32.4. The van der Waals surface area contributed by atoms with Crippen LogP contribution >= 0.6 is 0 Å². The molecule has 1 aromatic carbocycles. The molecular formula is C34H52N2O3. The lowest BCUT2D eigenvalue weighted by molar-refractivity contribution is 0.0937. The summed E-state index contributed by atoms with van der Waals surface area (Å²) in [6.45, 7) is 18.6. The van der Waals surface area contributed by atoms with Crippen molar-refractivity contribution in [2.24, 2.45) is 0 Å². The summed E-state index contributed by atoms with van der Waals surface area (Å²) < 4.78 is 12.2. The highest BCUT2D eigenvalue weighted by Crippen LogP contribution is 2.26. The highest BCUT2D eigenvalue weighted by molar-refractivity contribution is 5.97. The molecular weight excluding hydrogens is 484 g/mol. The zero-order valence-electron chi connectivity index (χ0n) is 25.6. The second-order valence-corrected chi connectivity index (χ2v) is 11.2. The van der Waals surface area contributed by atoms with Crippen LogP contribution < -0.4 is 14.8 Å². The van der Waals surface area contributed by atoms with Gasteiger partial charge in [0.15, 0.2) is 0 Å². The maximum Gasteiger partial charge on any atom is 0.255 e. The summed E-state index contributed by atoms with van der Waals surface area (Å²) >= 11 is 0. The fourth-order valence-corrected chi connectivity index (χ4v) is 4.68. The molecule has 1 heterocycles. The Morgan fingerprint density at radius 1 is 0.923 bits per heavy atom. The molecule has 1 amide bonds. The molecule has 0 spiro atoms. The monoisotopic (exact) mass is 536 g/mol. The molecule has 5 heteroatoms. The van der Waals surface area contributed by atoms with Crippen LogP contribution in [0.1, 0.15) is 97.3 Å². The minimum atomic E-state index is -0.0984. The molecule has 5 nitrogen and oxygen atoms in total. The van der Waals surface area contributed by atoms with Gasteiger partial charge in [-0.2, -0.15) is 0 Å². The molecule has 0 aliphatic carbocycles. The van der Waals surface area contributed by atoms with E-state index in [1.165, 1.54) is 28.7 Å². The van der Waals surface area contributed by atoms with E-state index in [0.29, 0.717) is 42.9 Å². The molecule has 1 N–H and O–H groups in total. The van der Waals surface area contributed by atoms with E-state index < -0.39 is 0 Å². The van der Waals surface area contributed by atoms with E-state index >= 15 is 0 Å². The van der Waals surface area contributed by atoms with E-state index in [1.807, 2.05) is 18.2 Å². The van der Waals surface area contributed by atoms with Gasteiger partial charge < -0.3 is 14.8 Å². The number of ether oxygens (including phenoxy) is 2. The first-order chi connectivity index (χ1) is 18.7. The molecule has 1 atom stereocenters. The third-order valence-corrected chi connectivity index (χ3v) is 7.14. The fourth-order valence-electron chi connectivity index (χ4n) is 4.68. The Balaban J connectivity index is 2.07. The first-order valence-electron chi connectivity index (χ1n) is 14.7. The van der Waals surface area contributed by atoms with Gasteiger partial charge in [-0.25, -0.2) is 0 Å². The second-order valence-electron chi connectivity index (χ2n) is 11.2. The van der Waals surface area contributed by atoms with Crippen molar-refractivity contribution in [2.75, 3.05) is 32.8 Å². The molecule has 39 heavy (non-hydrogen) atoms. The van der Waals surface area contributed by atoms with Crippen molar-refractivity contribution in [1.82, 2.24) is 10.2 Å². The highest BCUT2D eigenvalue weighted by Gasteiger charge is 2.24. The predicted octanol–water partition coefficient (Wildman–Crippen LogP) is 8.04. The largest absolute Gasteiger partial charge is 0.489 e. The van der Waals surface area contributed by atoms with Crippen molar-refractivity contribution in [3.05, 3.63) is 70.4 Å². The smallest absolute Gasteiger partial charge is 0.255 e. The second kappa shape index (κ2) is 17.7. The number of hydrogen-bond donors (Lipinski definition) is 1. The van der Waals surface area contributed by atoms with Gasteiger partial charge in [-0.3, -0.25) is 9.69 Å². The summed E-state index contributed by atoms with van der Waals surface area (Å²) in [5.74, 6) is 1.16. The minimum absolute atomic E-state index is 0.0984. The van der Waals surface area contributed by atoms with Crippen LogP contribution in [-0.4, -0.2) is 49.7 Å². The van der Waals surface area contributed by atoms with Gasteiger partial charge in [-0.15, -0.1) is 0 Å². The SMILES string of the molecule is CCN1CCCC1CNC(=O)c1ccc(OC/C=C(\C)CCC=C(C)C)cc1OC/C=C(\C)CCC=C(C)C. The number of allylic oxidation sites excluding steroid dienone is 6. The van der Waals surface area contributed by atoms with E-state index in [4.69, 9.17) is 9.47 Å². The van der Waals surface area contributed by atoms with Gasteiger partial charge in [-0.05, 0) is 117 Å². The lowest BCUT2D eigenvalue weighted by atomic mass is 10.1. The predicted molar refractivity (Wildman–Crippen MR) is 165 cm³/mol. The third kappa shape index (κ3) is 12.7. The summed E-state index contributed by atoms with van der Waals surface area (Å²) in [4.78, 5) is 15.6. The van der Waals surface area contributed by atoms with Gasteiger partial charge >= 0.3 is 0 Å². The zero-order chi connectivity index (χ0) is 28.6. The van der Waals surface area contributed by atoms with E-state index in [0.717, 1.165) is 45.2 Å². The molecule has 1 aliphatic rings. The maximum atomic E-state index is 13.2. The zero-order valence-corrected chi connectivity index (χ0v) is 25.6. The number of likely N-dealkylation sites (N-methyl/N-ethyl adjacent to an activating group) is 1. The van der Waals surface area contributed by atoms with E-state index in [-0.39, 0.29) is 5.91 Å². The van der Waals surface area contributed by atoms with Crippen LogP contribution in [0.4, 0.5) is 0 Å². The number of amides is 1. The Morgan fingerprint density at radius 3 is 2.13 bits per heavy atom. The number of carbonyl (C=O) groups excluding carboxylic acids is 1. The van der Waals surface area contributed by atoms with Gasteiger partial charge in [0.25, 0.3) is 5.91 Å². The van der Waals surface area contributed by atoms with Crippen molar-refractivity contribution >= 4 is 5.91 Å². The van der Waals surface area contributed by atoms with Crippen LogP contribution in [0.3, 0.4) is 0 Å². The van der Waals surface area contributed by atoms with E-state index in [1.54, 1.807) is 0 Å².